The van der Waals surface area contributed by atoms with Gasteiger partial charge in [-0.05, 0) is 44.9 Å². The minimum atomic E-state index is -0.104. The van der Waals surface area contributed by atoms with Crippen LogP contribution in [0.1, 0.15) is 55.8 Å². The predicted molar refractivity (Wildman–Crippen MR) is 70.3 cm³/mol. The molecule has 0 amide bonds. The van der Waals surface area contributed by atoms with Gasteiger partial charge in [0.25, 0.3) is 0 Å². The van der Waals surface area contributed by atoms with Crippen LogP contribution in [0.2, 0.25) is 0 Å². The Hall–Kier alpha value is -0.870. The van der Waals surface area contributed by atoms with Gasteiger partial charge in [-0.1, -0.05) is 0 Å². The zero-order valence-electron chi connectivity index (χ0n) is 11.1. The quantitative estimate of drug-likeness (QED) is 0.838. The van der Waals surface area contributed by atoms with Crippen molar-refractivity contribution >= 4 is 0 Å². The minimum Gasteiger partial charge on any atom is -0.393 e. The molecule has 1 fully saturated rings. The zero-order valence-corrected chi connectivity index (χ0v) is 11.1. The molecule has 2 N–H and O–H groups in total. The van der Waals surface area contributed by atoms with Crippen LogP contribution >= 0.6 is 0 Å². The van der Waals surface area contributed by atoms with Gasteiger partial charge in [0.2, 0.25) is 0 Å². The molecule has 18 heavy (non-hydrogen) atoms. The number of hydrogen-bond acceptors (Lipinski definition) is 3. The van der Waals surface area contributed by atoms with Crippen molar-refractivity contribution in [2.24, 2.45) is 7.05 Å². The largest absolute Gasteiger partial charge is 0.393 e. The molecule has 0 spiro atoms. The van der Waals surface area contributed by atoms with E-state index >= 15 is 0 Å². The van der Waals surface area contributed by atoms with Gasteiger partial charge in [-0.2, -0.15) is 5.10 Å². The molecule has 4 heteroatoms. The van der Waals surface area contributed by atoms with Crippen LogP contribution in [-0.2, 0) is 13.5 Å². The molecular formula is C14H23N3O. The molecule has 0 saturated heterocycles. The molecule has 3 unspecified atom stereocenters. The van der Waals surface area contributed by atoms with E-state index in [4.69, 9.17) is 0 Å². The van der Waals surface area contributed by atoms with Crippen molar-refractivity contribution in [2.75, 3.05) is 0 Å². The van der Waals surface area contributed by atoms with Crippen molar-refractivity contribution in [1.82, 2.24) is 15.1 Å². The van der Waals surface area contributed by atoms with E-state index in [0.29, 0.717) is 12.1 Å². The van der Waals surface area contributed by atoms with Crippen LogP contribution in [-0.4, -0.2) is 27.0 Å². The lowest BCUT2D eigenvalue weighted by Crippen LogP contribution is -2.39. The standard InChI is InChI=1S/C14H23N3O/c1-17-14-7-3-6-13(12(14)9-15-17)16-10-4-2-5-11(18)8-10/h9-11,13,16,18H,2-8H2,1H3. The molecule has 100 valence electrons. The van der Waals surface area contributed by atoms with Crippen molar-refractivity contribution in [1.29, 1.82) is 0 Å². The van der Waals surface area contributed by atoms with Gasteiger partial charge in [0.15, 0.2) is 0 Å². The van der Waals surface area contributed by atoms with Crippen LogP contribution in [0.15, 0.2) is 6.20 Å². The van der Waals surface area contributed by atoms with Crippen LogP contribution in [0.25, 0.3) is 0 Å². The Bertz CT molecular complexity index is 415. The molecule has 4 nitrogen and oxygen atoms in total. The SMILES string of the molecule is Cn1ncc2c1CCCC2NC1CCCC(O)C1. The Labute approximate surface area is 108 Å². The smallest absolute Gasteiger partial charge is 0.0555 e. The number of nitrogens with zero attached hydrogens (tertiary/aromatic N) is 2. The van der Waals surface area contributed by atoms with E-state index in [2.05, 4.69) is 10.4 Å². The molecule has 3 atom stereocenters. The van der Waals surface area contributed by atoms with Crippen LogP contribution in [0, 0.1) is 0 Å². The van der Waals surface area contributed by atoms with Crippen LogP contribution in [0.3, 0.4) is 0 Å². The fraction of sp³-hybridized carbons (Fsp3) is 0.786. The van der Waals surface area contributed by atoms with Crippen molar-refractivity contribution in [2.45, 2.75) is 63.1 Å². The summed E-state index contributed by atoms with van der Waals surface area (Å²) in [6.07, 6.45) is 9.73. The van der Waals surface area contributed by atoms with Gasteiger partial charge >= 0.3 is 0 Å². The first-order valence-corrected chi connectivity index (χ1v) is 7.19. The fourth-order valence-electron chi connectivity index (χ4n) is 3.48. The maximum absolute atomic E-state index is 9.75. The Kier molecular flexibility index (Phi) is 3.39. The average Bonchev–Trinajstić information content (AvgIpc) is 2.73. The van der Waals surface area contributed by atoms with Gasteiger partial charge in [0, 0.05) is 30.4 Å². The van der Waals surface area contributed by atoms with Crippen molar-refractivity contribution < 1.29 is 5.11 Å². The van der Waals surface area contributed by atoms with Gasteiger partial charge in [-0.3, -0.25) is 4.68 Å². The molecule has 1 saturated carbocycles. The van der Waals surface area contributed by atoms with Crippen molar-refractivity contribution in [3.63, 3.8) is 0 Å². The van der Waals surface area contributed by atoms with Gasteiger partial charge in [0.1, 0.15) is 0 Å². The third-order valence-corrected chi connectivity index (χ3v) is 4.46. The summed E-state index contributed by atoms with van der Waals surface area (Å²) in [5, 5.41) is 17.9. The number of aliphatic hydroxyl groups is 1. The Morgan fingerprint density at radius 3 is 3.06 bits per heavy atom. The molecule has 0 aliphatic heterocycles. The Morgan fingerprint density at radius 1 is 1.33 bits per heavy atom. The molecule has 1 aromatic heterocycles. The highest BCUT2D eigenvalue weighted by Gasteiger charge is 2.27. The third kappa shape index (κ3) is 2.31. The lowest BCUT2D eigenvalue weighted by atomic mass is 9.88. The summed E-state index contributed by atoms with van der Waals surface area (Å²) in [4.78, 5) is 0. The second-order valence-electron chi connectivity index (χ2n) is 5.80. The topological polar surface area (TPSA) is 50.1 Å². The molecule has 2 aliphatic carbocycles. The molecule has 2 aliphatic rings. The van der Waals surface area contributed by atoms with E-state index in [-0.39, 0.29) is 6.10 Å². The van der Waals surface area contributed by atoms with E-state index in [9.17, 15) is 5.11 Å². The normalized spacial score (nSPS) is 32.2. The van der Waals surface area contributed by atoms with E-state index in [1.165, 1.54) is 30.5 Å². The summed E-state index contributed by atoms with van der Waals surface area (Å²) >= 11 is 0. The van der Waals surface area contributed by atoms with Crippen LogP contribution in [0.5, 0.6) is 0 Å². The maximum Gasteiger partial charge on any atom is 0.0555 e. The highest BCUT2D eigenvalue weighted by molar-refractivity contribution is 5.24. The zero-order chi connectivity index (χ0) is 12.5. The number of fused-ring (bicyclic) bond motifs is 1. The first-order chi connectivity index (χ1) is 8.74. The van der Waals surface area contributed by atoms with Gasteiger partial charge in [0.05, 0.1) is 12.3 Å². The lowest BCUT2D eigenvalue weighted by molar-refractivity contribution is 0.107. The number of aromatic nitrogens is 2. The summed E-state index contributed by atoms with van der Waals surface area (Å²) in [5.41, 5.74) is 2.76. The second-order valence-corrected chi connectivity index (χ2v) is 5.80. The molecule has 1 aromatic rings. The fourth-order valence-corrected chi connectivity index (χ4v) is 3.48. The summed E-state index contributed by atoms with van der Waals surface area (Å²) in [6, 6.07) is 0.919. The number of aryl methyl sites for hydroxylation is 1. The molecular weight excluding hydrogens is 226 g/mol. The highest BCUT2D eigenvalue weighted by Crippen LogP contribution is 2.31. The number of hydrogen-bond donors (Lipinski definition) is 2. The summed E-state index contributed by atoms with van der Waals surface area (Å²) < 4.78 is 2.01. The minimum absolute atomic E-state index is 0.104. The van der Waals surface area contributed by atoms with Gasteiger partial charge < -0.3 is 10.4 Å². The van der Waals surface area contributed by atoms with Crippen LogP contribution in [0.4, 0.5) is 0 Å². The first-order valence-electron chi connectivity index (χ1n) is 7.19. The van der Waals surface area contributed by atoms with Crippen molar-refractivity contribution in [3.05, 3.63) is 17.5 Å². The van der Waals surface area contributed by atoms with E-state index in [1.807, 2.05) is 17.9 Å². The first kappa shape index (κ1) is 12.2. The monoisotopic (exact) mass is 249 g/mol. The number of nitrogens with one attached hydrogen (secondary N) is 1. The summed E-state index contributed by atoms with van der Waals surface area (Å²) in [7, 11) is 2.03. The molecule has 1 heterocycles. The Balaban J connectivity index is 1.70. The number of rotatable bonds is 2. The van der Waals surface area contributed by atoms with Gasteiger partial charge in [-0.15, -0.1) is 0 Å². The summed E-state index contributed by atoms with van der Waals surface area (Å²) in [5.74, 6) is 0. The molecule has 0 radical (unpaired) electrons. The predicted octanol–water partition coefficient (Wildman–Crippen LogP) is 1.69. The molecule has 3 rings (SSSR count). The summed E-state index contributed by atoms with van der Waals surface area (Å²) in [6.45, 7) is 0. The van der Waals surface area contributed by atoms with E-state index < -0.39 is 0 Å². The second kappa shape index (κ2) is 5.02. The van der Waals surface area contributed by atoms with Crippen molar-refractivity contribution in [3.8, 4) is 0 Å². The Morgan fingerprint density at radius 2 is 2.22 bits per heavy atom. The van der Waals surface area contributed by atoms with Crippen LogP contribution < -0.4 is 5.32 Å². The molecule has 0 bridgehead atoms. The average molecular weight is 249 g/mol. The third-order valence-electron chi connectivity index (χ3n) is 4.46. The van der Waals surface area contributed by atoms with E-state index in [1.54, 1.807) is 0 Å². The number of aliphatic hydroxyl groups excluding tert-OH is 1. The van der Waals surface area contributed by atoms with E-state index in [0.717, 1.165) is 25.7 Å². The lowest BCUT2D eigenvalue weighted by Gasteiger charge is -2.32. The maximum atomic E-state index is 9.75. The molecule has 0 aromatic carbocycles. The highest BCUT2D eigenvalue weighted by atomic mass is 16.3. The van der Waals surface area contributed by atoms with Gasteiger partial charge in [-0.25, -0.2) is 0 Å².